The third-order valence-corrected chi connectivity index (χ3v) is 6.88. The van der Waals surface area contributed by atoms with Crippen LogP contribution in [0.3, 0.4) is 0 Å². The molecular formula is C28H26N2O5. The van der Waals surface area contributed by atoms with Gasteiger partial charge in [-0.05, 0) is 53.3 Å². The fraction of sp³-hybridized carbons (Fsp3) is 0.250. The number of rotatable bonds is 6. The molecule has 1 saturated carbocycles. The number of hydrogen-bond donors (Lipinski definition) is 3. The lowest BCUT2D eigenvalue weighted by molar-refractivity contribution is -0.120. The van der Waals surface area contributed by atoms with Gasteiger partial charge in [-0.3, -0.25) is 4.79 Å². The number of carboxylic acid groups (broad SMARTS) is 1. The molecule has 0 saturated heterocycles. The van der Waals surface area contributed by atoms with Crippen molar-refractivity contribution in [2.75, 3.05) is 11.9 Å². The molecule has 3 N–H and O–H groups in total. The molecule has 2 aliphatic rings. The summed E-state index contributed by atoms with van der Waals surface area (Å²) in [5.74, 6) is -1.74. The Kier molecular flexibility index (Phi) is 6.23. The molecule has 0 radical (unpaired) electrons. The monoisotopic (exact) mass is 470 g/mol. The minimum Gasteiger partial charge on any atom is -0.478 e. The zero-order chi connectivity index (χ0) is 24.4. The summed E-state index contributed by atoms with van der Waals surface area (Å²) in [4.78, 5) is 36.8. The van der Waals surface area contributed by atoms with E-state index in [2.05, 4.69) is 34.9 Å². The number of fused-ring (bicyclic) bond motifs is 3. The molecule has 7 nitrogen and oxygen atoms in total. The molecule has 3 aromatic rings. The summed E-state index contributed by atoms with van der Waals surface area (Å²) in [5.41, 5.74) is 5.13. The summed E-state index contributed by atoms with van der Waals surface area (Å²) in [7, 11) is 0. The van der Waals surface area contributed by atoms with Crippen molar-refractivity contribution in [1.29, 1.82) is 0 Å². The van der Waals surface area contributed by atoms with E-state index in [9.17, 15) is 14.4 Å². The van der Waals surface area contributed by atoms with Crippen molar-refractivity contribution in [3.63, 3.8) is 0 Å². The van der Waals surface area contributed by atoms with E-state index in [1.54, 1.807) is 12.1 Å². The highest BCUT2D eigenvalue weighted by molar-refractivity contribution is 5.95. The average Bonchev–Trinajstić information content (AvgIpc) is 3.45. The van der Waals surface area contributed by atoms with E-state index in [4.69, 9.17) is 9.84 Å². The lowest BCUT2D eigenvalue weighted by Crippen LogP contribution is -2.42. The van der Waals surface area contributed by atoms with Crippen LogP contribution in [0.2, 0.25) is 0 Å². The topological polar surface area (TPSA) is 105 Å². The number of carbonyl (C=O) groups excluding carboxylic acids is 2. The SMILES string of the molecule is O=C(N[C@@H]1CCC[C@@H]1C(=O)Nc1cccc(C(=O)O)c1)OCC1c2ccccc2-c2ccccc21. The number of ether oxygens (including phenoxy) is 1. The Morgan fingerprint density at radius 2 is 1.57 bits per heavy atom. The van der Waals surface area contributed by atoms with Gasteiger partial charge in [0, 0.05) is 17.6 Å². The first-order chi connectivity index (χ1) is 17.0. The summed E-state index contributed by atoms with van der Waals surface area (Å²) in [6.45, 7) is 0.214. The van der Waals surface area contributed by atoms with Crippen molar-refractivity contribution in [2.45, 2.75) is 31.2 Å². The van der Waals surface area contributed by atoms with Crippen LogP contribution in [-0.4, -0.2) is 35.7 Å². The number of amides is 2. The van der Waals surface area contributed by atoms with E-state index >= 15 is 0 Å². The molecule has 0 heterocycles. The highest BCUT2D eigenvalue weighted by Gasteiger charge is 2.35. The van der Waals surface area contributed by atoms with Crippen LogP contribution in [0, 0.1) is 5.92 Å². The van der Waals surface area contributed by atoms with Gasteiger partial charge in [0.15, 0.2) is 0 Å². The summed E-state index contributed by atoms with van der Waals surface area (Å²) in [6, 6.07) is 22.1. The zero-order valence-corrected chi connectivity index (χ0v) is 19.1. The standard InChI is InChI=1S/C28H26N2O5/c31-26(29-18-8-5-7-17(15-18)27(32)33)23-13-6-14-25(23)30-28(34)35-16-24-21-11-3-1-9-19(21)20-10-2-4-12-22(20)24/h1-5,7-12,15,23-25H,6,13-14,16H2,(H,29,31)(H,30,34)(H,32,33)/t23-,25+/m0/s1. The predicted octanol–water partition coefficient (Wildman–Crippen LogP) is 5.03. The van der Waals surface area contributed by atoms with Crippen LogP contribution in [0.4, 0.5) is 10.5 Å². The number of nitrogens with one attached hydrogen (secondary N) is 2. The molecule has 1 fully saturated rings. The molecule has 7 heteroatoms. The van der Waals surface area contributed by atoms with Crippen molar-refractivity contribution in [1.82, 2.24) is 5.32 Å². The molecule has 0 aromatic heterocycles. The molecule has 2 amide bonds. The van der Waals surface area contributed by atoms with Gasteiger partial charge in [0.25, 0.3) is 0 Å². The Morgan fingerprint density at radius 3 is 2.26 bits per heavy atom. The fourth-order valence-electron chi connectivity index (χ4n) is 5.20. The van der Waals surface area contributed by atoms with Crippen LogP contribution >= 0.6 is 0 Å². The molecular weight excluding hydrogens is 444 g/mol. The second kappa shape index (κ2) is 9.62. The summed E-state index contributed by atoms with van der Waals surface area (Å²) < 4.78 is 5.64. The summed E-state index contributed by atoms with van der Waals surface area (Å²) >= 11 is 0. The van der Waals surface area contributed by atoms with Crippen molar-refractivity contribution in [3.8, 4) is 11.1 Å². The molecule has 0 spiro atoms. The number of carboxylic acids is 1. The molecule has 5 rings (SSSR count). The van der Waals surface area contributed by atoms with Gasteiger partial charge in [-0.15, -0.1) is 0 Å². The molecule has 178 valence electrons. The van der Waals surface area contributed by atoms with Crippen molar-refractivity contribution >= 4 is 23.7 Å². The smallest absolute Gasteiger partial charge is 0.407 e. The Hall–Kier alpha value is -4.13. The van der Waals surface area contributed by atoms with Crippen LogP contribution in [0.25, 0.3) is 11.1 Å². The Bertz CT molecular complexity index is 1240. The number of anilines is 1. The lowest BCUT2D eigenvalue weighted by atomic mass is 9.98. The van der Waals surface area contributed by atoms with Crippen molar-refractivity contribution < 1.29 is 24.2 Å². The van der Waals surface area contributed by atoms with E-state index in [1.807, 2.05) is 24.3 Å². The highest BCUT2D eigenvalue weighted by Crippen LogP contribution is 2.44. The third-order valence-electron chi connectivity index (χ3n) is 6.88. The average molecular weight is 471 g/mol. The molecule has 35 heavy (non-hydrogen) atoms. The van der Waals surface area contributed by atoms with Gasteiger partial charge in [0.2, 0.25) is 5.91 Å². The van der Waals surface area contributed by atoms with Gasteiger partial charge in [0.1, 0.15) is 6.61 Å². The van der Waals surface area contributed by atoms with Crippen LogP contribution < -0.4 is 10.6 Å². The molecule has 0 bridgehead atoms. The quantitative estimate of drug-likeness (QED) is 0.469. The molecule has 2 aliphatic carbocycles. The number of aromatic carboxylic acids is 1. The minimum atomic E-state index is -1.06. The van der Waals surface area contributed by atoms with Gasteiger partial charge < -0.3 is 20.5 Å². The largest absolute Gasteiger partial charge is 0.478 e. The number of carbonyl (C=O) groups is 3. The maximum atomic E-state index is 12.9. The minimum absolute atomic E-state index is 0.0302. The maximum Gasteiger partial charge on any atom is 0.407 e. The second-order valence-electron chi connectivity index (χ2n) is 8.99. The number of alkyl carbamates (subject to hydrolysis) is 1. The fourth-order valence-corrected chi connectivity index (χ4v) is 5.20. The first-order valence-corrected chi connectivity index (χ1v) is 11.8. The summed E-state index contributed by atoms with van der Waals surface area (Å²) in [5, 5.41) is 14.8. The molecule has 3 aromatic carbocycles. The highest BCUT2D eigenvalue weighted by atomic mass is 16.5. The summed E-state index contributed by atoms with van der Waals surface area (Å²) in [6.07, 6.45) is 1.59. The normalized spacial score (nSPS) is 18.4. The first-order valence-electron chi connectivity index (χ1n) is 11.8. The van der Waals surface area contributed by atoms with E-state index in [0.717, 1.165) is 28.7 Å². The van der Waals surface area contributed by atoms with Crippen LogP contribution in [-0.2, 0) is 9.53 Å². The van der Waals surface area contributed by atoms with Crippen LogP contribution in [0.15, 0.2) is 72.8 Å². The third kappa shape index (κ3) is 4.62. The molecule has 0 aliphatic heterocycles. The van der Waals surface area contributed by atoms with E-state index < -0.39 is 18.0 Å². The Balaban J connectivity index is 1.21. The van der Waals surface area contributed by atoms with E-state index in [0.29, 0.717) is 18.5 Å². The molecule has 0 unspecified atom stereocenters. The zero-order valence-electron chi connectivity index (χ0n) is 19.1. The van der Waals surface area contributed by atoms with Crippen molar-refractivity contribution in [3.05, 3.63) is 89.5 Å². The number of hydrogen-bond acceptors (Lipinski definition) is 4. The van der Waals surface area contributed by atoms with Crippen LogP contribution in [0.1, 0.15) is 46.7 Å². The lowest BCUT2D eigenvalue weighted by Gasteiger charge is -2.21. The van der Waals surface area contributed by atoms with Crippen molar-refractivity contribution in [2.24, 2.45) is 5.92 Å². The van der Waals surface area contributed by atoms with Gasteiger partial charge in [-0.25, -0.2) is 9.59 Å². The maximum absolute atomic E-state index is 12.9. The van der Waals surface area contributed by atoms with E-state index in [-0.39, 0.29) is 30.0 Å². The predicted molar refractivity (Wildman–Crippen MR) is 131 cm³/mol. The van der Waals surface area contributed by atoms with Crippen LogP contribution in [0.5, 0.6) is 0 Å². The van der Waals surface area contributed by atoms with E-state index in [1.165, 1.54) is 12.1 Å². The second-order valence-corrected chi connectivity index (χ2v) is 8.99. The number of benzene rings is 3. The van der Waals surface area contributed by atoms with Gasteiger partial charge in [-0.2, -0.15) is 0 Å². The Labute approximate surface area is 203 Å². The molecule has 2 atom stereocenters. The van der Waals surface area contributed by atoms with Gasteiger partial charge in [0.05, 0.1) is 11.5 Å². The van der Waals surface area contributed by atoms with Gasteiger partial charge >= 0.3 is 12.1 Å². The Morgan fingerprint density at radius 1 is 0.886 bits per heavy atom. The van der Waals surface area contributed by atoms with Gasteiger partial charge in [-0.1, -0.05) is 61.0 Å². The first kappa shape index (κ1) is 22.7.